The van der Waals surface area contributed by atoms with Crippen molar-refractivity contribution in [1.29, 1.82) is 0 Å². The van der Waals surface area contributed by atoms with E-state index in [4.69, 9.17) is 4.74 Å². The molecule has 2 heterocycles. The van der Waals surface area contributed by atoms with Crippen LogP contribution in [0.5, 0.6) is 0 Å². The molecular formula is C11H12OS. The van der Waals surface area contributed by atoms with Crippen LogP contribution in [0.3, 0.4) is 0 Å². The normalized spacial score (nSPS) is 22.6. The van der Waals surface area contributed by atoms with Crippen molar-refractivity contribution in [2.75, 3.05) is 13.2 Å². The van der Waals surface area contributed by atoms with E-state index in [0.29, 0.717) is 5.92 Å². The maximum atomic E-state index is 5.32. The van der Waals surface area contributed by atoms with Gasteiger partial charge in [-0.1, -0.05) is 24.3 Å². The van der Waals surface area contributed by atoms with Crippen molar-refractivity contribution in [2.45, 2.75) is 0 Å². The van der Waals surface area contributed by atoms with Crippen LogP contribution < -0.4 is 0 Å². The third-order valence-electron chi connectivity index (χ3n) is 1.99. The molecule has 1 unspecified atom stereocenters. The minimum Gasteiger partial charge on any atom is -0.376 e. The summed E-state index contributed by atoms with van der Waals surface area (Å²) in [6, 6.07) is 2.12. The van der Waals surface area contributed by atoms with Gasteiger partial charge in [0.15, 0.2) is 0 Å². The molecule has 0 aromatic carbocycles. The first kappa shape index (κ1) is 8.73. The van der Waals surface area contributed by atoms with Gasteiger partial charge in [0.25, 0.3) is 0 Å². The predicted molar refractivity (Wildman–Crippen MR) is 56.8 cm³/mol. The molecule has 1 aliphatic rings. The Bertz CT molecular complexity index is 298. The molecule has 1 nitrogen and oxygen atoms in total. The summed E-state index contributed by atoms with van der Waals surface area (Å²) in [4.78, 5) is 0. The topological polar surface area (TPSA) is 9.23 Å². The van der Waals surface area contributed by atoms with E-state index in [1.807, 2.05) is 0 Å². The molecule has 2 rings (SSSR count). The van der Waals surface area contributed by atoms with Gasteiger partial charge in [-0.25, -0.2) is 0 Å². The zero-order valence-corrected chi connectivity index (χ0v) is 8.17. The molecule has 1 aromatic heterocycles. The smallest absolute Gasteiger partial charge is 0.0648 e. The number of hydrogen-bond donors (Lipinski definition) is 0. The van der Waals surface area contributed by atoms with E-state index in [0.717, 1.165) is 13.2 Å². The SMILES string of the molecule is C1=CC(C=Cc2ccsc2)COC1. The summed E-state index contributed by atoms with van der Waals surface area (Å²) in [6.07, 6.45) is 8.62. The maximum absolute atomic E-state index is 5.32. The molecule has 0 bridgehead atoms. The Morgan fingerprint density at radius 1 is 1.54 bits per heavy atom. The number of hydrogen-bond acceptors (Lipinski definition) is 2. The summed E-state index contributed by atoms with van der Waals surface area (Å²) in [5.41, 5.74) is 1.28. The lowest BCUT2D eigenvalue weighted by molar-refractivity contribution is 0.139. The van der Waals surface area contributed by atoms with E-state index in [1.54, 1.807) is 11.3 Å². The van der Waals surface area contributed by atoms with E-state index >= 15 is 0 Å². The number of rotatable bonds is 2. The number of ether oxygens (including phenoxy) is 1. The predicted octanol–water partition coefficient (Wildman–Crippen LogP) is 2.96. The molecule has 1 aromatic rings. The third-order valence-corrected chi connectivity index (χ3v) is 2.69. The second-order valence-electron chi connectivity index (χ2n) is 3.05. The van der Waals surface area contributed by atoms with Crippen molar-refractivity contribution in [3.63, 3.8) is 0 Å². The molecule has 0 spiro atoms. The maximum Gasteiger partial charge on any atom is 0.0648 e. The van der Waals surface area contributed by atoms with E-state index in [9.17, 15) is 0 Å². The van der Waals surface area contributed by atoms with Crippen molar-refractivity contribution in [3.8, 4) is 0 Å². The van der Waals surface area contributed by atoms with Crippen molar-refractivity contribution >= 4 is 17.4 Å². The molecule has 0 aliphatic carbocycles. The Labute approximate surface area is 82.4 Å². The summed E-state index contributed by atoms with van der Waals surface area (Å²) in [5.74, 6) is 0.452. The molecule has 1 aliphatic heterocycles. The van der Waals surface area contributed by atoms with Crippen molar-refractivity contribution in [1.82, 2.24) is 0 Å². The van der Waals surface area contributed by atoms with Gasteiger partial charge in [-0.3, -0.25) is 0 Å². The first-order valence-electron chi connectivity index (χ1n) is 4.40. The van der Waals surface area contributed by atoms with Crippen LogP contribution in [0.2, 0.25) is 0 Å². The van der Waals surface area contributed by atoms with Crippen molar-refractivity contribution in [2.24, 2.45) is 5.92 Å². The second kappa shape index (κ2) is 4.40. The molecule has 68 valence electrons. The summed E-state index contributed by atoms with van der Waals surface area (Å²) >= 11 is 1.73. The fourth-order valence-electron chi connectivity index (χ4n) is 1.28. The highest BCUT2D eigenvalue weighted by atomic mass is 32.1. The fourth-order valence-corrected chi connectivity index (χ4v) is 1.91. The van der Waals surface area contributed by atoms with Crippen LogP contribution >= 0.6 is 11.3 Å². The summed E-state index contributed by atoms with van der Waals surface area (Å²) < 4.78 is 5.32. The minimum atomic E-state index is 0.452. The molecule has 1 atom stereocenters. The molecule has 2 heteroatoms. The van der Waals surface area contributed by atoms with Crippen LogP contribution in [0.1, 0.15) is 5.56 Å². The van der Waals surface area contributed by atoms with E-state index < -0.39 is 0 Å². The molecule has 0 radical (unpaired) electrons. The Balaban J connectivity index is 1.97. The van der Waals surface area contributed by atoms with Crippen LogP contribution in [0.25, 0.3) is 6.08 Å². The summed E-state index contributed by atoms with van der Waals surface area (Å²) in [7, 11) is 0. The van der Waals surface area contributed by atoms with Gasteiger partial charge in [-0.05, 0) is 22.4 Å². The van der Waals surface area contributed by atoms with Gasteiger partial charge in [-0.15, -0.1) is 0 Å². The monoisotopic (exact) mass is 192 g/mol. The average Bonchev–Trinajstić information content (AvgIpc) is 2.69. The average molecular weight is 192 g/mol. The van der Waals surface area contributed by atoms with Gasteiger partial charge in [0.2, 0.25) is 0 Å². The molecule has 0 saturated carbocycles. The van der Waals surface area contributed by atoms with Crippen LogP contribution in [-0.4, -0.2) is 13.2 Å². The molecule has 0 amide bonds. The van der Waals surface area contributed by atoms with Gasteiger partial charge >= 0.3 is 0 Å². The highest BCUT2D eigenvalue weighted by Crippen LogP contribution is 2.12. The fraction of sp³-hybridized carbons (Fsp3) is 0.273. The zero-order valence-electron chi connectivity index (χ0n) is 7.35. The first-order valence-corrected chi connectivity index (χ1v) is 5.34. The number of thiophene rings is 1. The van der Waals surface area contributed by atoms with Crippen LogP contribution in [0.4, 0.5) is 0 Å². The van der Waals surface area contributed by atoms with Crippen LogP contribution in [0.15, 0.2) is 35.1 Å². The first-order chi connectivity index (χ1) is 6.45. The van der Waals surface area contributed by atoms with Gasteiger partial charge in [0.05, 0.1) is 13.2 Å². The minimum absolute atomic E-state index is 0.452. The van der Waals surface area contributed by atoms with Gasteiger partial charge in [-0.2, -0.15) is 11.3 Å². The van der Waals surface area contributed by atoms with E-state index in [2.05, 4.69) is 41.1 Å². The van der Waals surface area contributed by atoms with E-state index in [-0.39, 0.29) is 0 Å². The Kier molecular flexibility index (Phi) is 2.95. The van der Waals surface area contributed by atoms with Gasteiger partial charge in [0, 0.05) is 5.92 Å². The molecule has 0 saturated heterocycles. The molecule has 13 heavy (non-hydrogen) atoms. The molecule has 0 fully saturated rings. The molecular weight excluding hydrogens is 180 g/mol. The quantitative estimate of drug-likeness (QED) is 0.655. The Morgan fingerprint density at radius 3 is 3.23 bits per heavy atom. The molecule has 0 N–H and O–H groups in total. The Hall–Kier alpha value is -0.860. The summed E-state index contributed by atoms with van der Waals surface area (Å²) in [5, 5.41) is 4.23. The summed E-state index contributed by atoms with van der Waals surface area (Å²) in [6.45, 7) is 1.58. The highest BCUT2D eigenvalue weighted by Gasteiger charge is 2.03. The lowest BCUT2D eigenvalue weighted by Gasteiger charge is -2.12. The Morgan fingerprint density at radius 2 is 2.54 bits per heavy atom. The zero-order chi connectivity index (χ0) is 8.93. The highest BCUT2D eigenvalue weighted by molar-refractivity contribution is 7.08. The van der Waals surface area contributed by atoms with Gasteiger partial charge < -0.3 is 4.74 Å². The van der Waals surface area contributed by atoms with Crippen molar-refractivity contribution < 1.29 is 4.74 Å². The third kappa shape index (κ3) is 2.54. The van der Waals surface area contributed by atoms with E-state index in [1.165, 1.54) is 5.56 Å². The lowest BCUT2D eigenvalue weighted by Crippen LogP contribution is -2.09. The van der Waals surface area contributed by atoms with Crippen LogP contribution in [0, 0.1) is 5.92 Å². The van der Waals surface area contributed by atoms with Crippen LogP contribution in [-0.2, 0) is 4.74 Å². The second-order valence-corrected chi connectivity index (χ2v) is 3.83. The lowest BCUT2D eigenvalue weighted by atomic mass is 10.1. The van der Waals surface area contributed by atoms with Crippen molar-refractivity contribution in [3.05, 3.63) is 40.6 Å². The standard InChI is InChI=1S/C11H12OS/c1-2-10(8-12-6-1)3-4-11-5-7-13-9-11/h1-5,7,9-10H,6,8H2. The van der Waals surface area contributed by atoms with Gasteiger partial charge in [0.1, 0.15) is 0 Å². The largest absolute Gasteiger partial charge is 0.376 e.